The molecule has 0 heterocycles. The highest BCUT2D eigenvalue weighted by Gasteiger charge is 2.19. The lowest BCUT2D eigenvalue weighted by Crippen LogP contribution is -2.30. The van der Waals surface area contributed by atoms with Crippen LogP contribution in [0.2, 0.25) is 0 Å². The summed E-state index contributed by atoms with van der Waals surface area (Å²) in [6.45, 7) is 3.40. The van der Waals surface area contributed by atoms with Crippen LogP contribution in [0.25, 0.3) is 0 Å². The van der Waals surface area contributed by atoms with Gasteiger partial charge in [-0.2, -0.15) is 0 Å². The van der Waals surface area contributed by atoms with E-state index in [0.717, 1.165) is 11.8 Å². The second kappa shape index (κ2) is 7.48. The number of esters is 1. The summed E-state index contributed by atoms with van der Waals surface area (Å²) in [6, 6.07) is 12.6. The fraction of sp³-hybridized carbons (Fsp3) is 0.222. The number of amides is 1. The Labute approximate surface area is 146 Å². The third-order valence-corrected chi connectivity index (χ3v) is 4.62. The van der Waals surface area contributed by atoms with E-state index < -0.39 is 27.8 Å². The first-order valence-electron chi connectivity index (χ1n) is 7.55. The molecule has 0 fully saturated rings. The highest BCUT2D eigenvalue weighted by atomic mass is 32.2. The number of hydrogen-bond acceptors (Lipinski definition) is 5. The molecule has 1 unspecified atom stereocenters. The second-order valence-corrected chi connectivity index (χ2v) is 7.72. The zero-order valence-corrected chi connectivity index (χ0v) is 15.0. The number of carbonyl (C=O) groups is 2. The largest absolute Gasteiger partial charge is 0.449 e. The molecule has 2 rings (SSSR count). The Kier molecular flexibility index (Phi) is 5.58. The van der Waals surface area contributed by atoms with Gasteiger partial charge < -0.3 is 10.1 Å². The third-order valence-electron chi connectivity index (χ3n) is 3.49. The zero-order chi connectivity index (χ0) is 18.6. The molecule has 1 N–H and O–H groups in total. The number of nitrogens with one attached hydrogen (secondary N) is 1. The lowest BCUT2D eigenvalue weighted by atomic mass is 10.2. The first-order chi connectivity index (χ1) is 11.7. The number of anilines is 1. The van der Waals surface area contributed by atoms with Crippen molar-refractivity contribution in [2.45, 2.75) is 24.8 Å². The first kappa shape index (κ1) is 18.7. The average Bonchev–Trinajstić information content (AvgIpc) is 2.56. The van der Waals surface area contributed by atoms with Gasteiger partial charge in [0.05, 0.1) is 10.5 Å². The lowest BCUT2D eigenvalue weighted by Gasteiger charge is -2.14. The Bertz CT molecular complexity index is 871. The summed E-state index contributed by atoms with van der Waals surface area (Å²) in [5, 5.41) is 2.66. The predicted octanol–water partition coefficient (Wildman–Crippen LogP) is 2.58. The van der Waals surface area contributed by atoms with Crippen LogP contribution in [0.3, 0.4) is 0 Å². The van der Waals surface area contributed by atoms with Crippen molar-refractivity contribution < 1.29 is 22.7 Å². The number of ether oxygens (including phenoxy) is 1. The van der Waals surface area contributed by atoms with Crippen LogP contribution >= 0.6 is 0 Å². The highest BCUT2D eigenvalue weighted by molar-refractivity contribution is 7.90. The van der Waals surface area contributed by atoms with E-state index >= 15 is 0 Å². The summed E-state index contributed by atoms with van der Waals surface area (Å²) in [6.07, 6.45) is 0.0843. The van der Waals surface area contributed by atoms with E-state index in [1.54, 1.807) is 12.1 Å². The number of carbonyl (C=O) groups excluding carboxylic acids is 2. The Morgan fingerprint density at radius 1 is 1.00 bits per heavy atom. The molecule has 6 nitrogen and oxygen atoms in total. The fourth-order valence-electron chi connectivity index (χ4n) is 2.00. The normalized spacial score (nSPS) is 12.3. The minimum absolute atomic E-state index is 0.106. The molecular weight excluding hydrogens is 342 g/mol. The van der Waals surface area contributed by atoms with Gasteiger partial charge in [0, 0.05) is 11.9 Å². The van der Waals surface area contributed by atoms with E-state index in [0.29, 0.717) is 5.69 Å². The number of aryl methyl sites for hydroxylation is 1. The van der Waals surface area contributed by atoms with Crippen molar-refractivity contribution in [2.24, 2.45) is 0 Å². The zero-order valence-electron chi connectivity index (χ0n) is 14.1. The van der Waals surface area contributed by atoms with E-state index in [4.69, 9.17) is 4.74 Å². The molecule has 132 valence electrons. The number of sulfone groups is 1. The molecule has 0 aliphatic heterocycles. The van der Waals surface area contributed by atoms with Crippen molar-refractivity contribution >= 4 is 27.4 Å². The quantitative estimate of drug-likeness (QED) is 0.827. The smallest absolute Gasteiger partial charge is 0.338 e. The van der Waals surface area contributed by atoms with Crippen LogP contribution in [0, 0.1) is 6.92 Å². The van der Waals surface area contributed by atoms with Crippen LogP contribution < -0.4 is 5.32 Å². The summed E-state index contributed by atoms with van der Waals surface area (Å²) in [5.74, 6) is -1.16. The van der Waals surface area contributed by atoms with Gasteiger partial charge in [-0.1, -0.05) is 17.7 Å². The lowest BCUT2D eigenvalue weighted by molar-refractivity contribution is -0.123. The molecule has 1 amide bonds. The van der Waals surface area contributed by atoms with Crippen molar-refractivity contribution in [1.82, 2.24) is 0 Å². The summed E-state index contributed by atoms with van der Waals surface area (Å²) in [4.78, 5) is 24.3. The first-order valence-corrected chi connectivity index (χ1v) is 9.44. The maximum atomic E-state index is 12.1. The molecule has 2 aromatic carbocycles. The molecule has 25 heavy (non-hydrogen) atoms. The van der Waals surface area contributed by atoms with E-state index in [1.165, 1.54) is 31.2 Å². The standard InChI is InChI=1S/C18H19NO5S/c1-12-4-8-15(9-5-12)19-17(20)13(2)24-18(21)14-6-10-16(11-7-14)25(3,22)23/h4-11,13H,1-3H3,(H,19,20). The Hall–Kier alpha value is -2.67. The minimum Gasteiger partial charge on any atom is -0.449 e. The van der Waals surface area contributed by atoms with Crippen molar-refractivity contribution in [3.05, 3.63) is 59.7 Å². The molecule has 0 spiro atoms. The predicted molar refractivity (Wildman–Crippen MR) is 94.2 cm³/mol. The van der Waals surface area contributed by atoms with Gasteiger partial charge in [-0.3, -0.25) is 4.79 Å². The molecule has 1 atom stereocenters. The molecule has 0 aliphatic rings. The van der Waals surface area contributed by atoms with Crippen LogP contribution in [-0.2, 0) is 19.4 Å². The van der Waals surface area contributed by atoms with E-state index in [2.05, 4.69) is 5.32 Å². The van der Waals surface area contributed by atoms with Crippen LogP contribution in [-0.4, -0.2) is 32.7 Å². The summed E-state index contributed by atoms with van der Waals surface area (Å²) in [7, 11) is -3.34. The van der Waals surface area contributed by atoms with Crippen molar-refractivity contribution in [2.75, 3.05) is 11.6 Å². The van der Waals surface area contributed by atoms with Gasteiger partial charge in [-0.25, -0.2) is 13.2 Å². The van der Waals surface area contributed by atoms with Crippen LogP contribution in [0.5, 0.6) is 0 Å². The summed E-state index contributed by atoms with van der Waals surface area (Å²) >= 11 is 0. The molecular formula is C18H19NO5S. The number of benzene rings is 2. The maximum Gasteiger partial charge on any atom is 0.338 e. The number of rotatable bonds is 5. The van der Waals surface area contributed by atoms with Gasteiger partial charge in [0.1, 0.15) is 0 Å². The van der Waals surface area contributed by atoms with Gasteiger partial charge in [-0.05, 0) is 50.2 Å². The van der Waals surface area contributed by atoms with E-state index in [1.807, 2.05) is 19.1 Å². The monoisotopic (exact) mass is 361 g/mol. The minimum atomic E-state index is -3.34. The van der Waals surface area contributed by atoms with Crippen LogP contribution in [0.4, 0.5) is 5.69 Å². The molecule has 0 radical (unpaired) electrons. The molecule has 0 bridgehead atoms. The van der Waals surface area contributed by atoms with Gasteiger partial charge >= 0.3 is 5.97 Å². The van der Waals surface area contributed by atoms with Crippen molar-refractivity contribution in [3.63, 3.8) is 0 Å². The number of hydrogen-bond donors (Lipinski definition) is 1. The maximum absolute atomic E-state index is 12.1. The molecule has 7 heteroatoms. The van der Waals surface area contributed by atoms with Crippen molar-refractivity contribution in [3.8, 4) is 0 Å². The van der Waals surface area contributed by atoms with E-state index in [-0.39, 0.29) is 10.5 Å². The van der Waals surface area contributed by atoms with Crippen LogP contribution in [0.15, 0.2) is 53.4 Å². The van der Waals surface area contributed by atoms with Crippen molar-refractivity contribution in [1.29, 1.82) is 0 Å². The Morgan fingerprint density at radius 2 is 1.56 bits per heavy atom. The third kappa shape index (κ3) is 5.15. The van der Waals surface area contributed by atoms with Crippen LogP contribution in [0.1, 0.15) is 22.8 Å². The van der Waals surface area contributed by atoms with Gasteiger partial charge in [0.25, 0.3) is 5.91 Å². The molecule has 0 saturated heterocycles. The van der Waals surface area contributed by atoms with Gasteiger partial charge in [-0.15, -0.1) is 0 Å². The average molecular weight is 361 g/mol. The molecule has 2 aromatic rings. The highest BCUT2D eigenvalue weighted by Crippen LogP contribution is 2.13. The Balaban J connectivity index is 1.99. The second-order valence-electron chi connectivity index (χ2n) is 5.70. The van der Waals surface area contributed by atoms with E-state index in [9.17, 15) is 18.0 Å². The SMILES string of the molecule is Cc1ccc(NC(=O)C(C)OC(=O)c2ccc(S(C)(=O)=O)cc2)cc1. The fourth-order valence-corrected chi connectivity index (χ4v) is 2.63. The topological polar surface area (TPSA) is 89.5 Å². The molecule has 0 saturated carbocycles. The van der Waals surface area contributed by atoms with Gasteiger partial charge in [0.15, 0.2) is 15.9 Å². The molecule has 0 aromatic heterocycles. The molecule has 0 aliphatic carbocycles. The summed E-state index contributed by atoms with van der Waals surface area (Å²) < 4.78 is 27.9. The summed E-state index contributed by atoms with van der Waals surface area (Å²) in [5.41, 5.74) is 1.84. The Morgan fingerprint density at radius 3 is 2.08 bits per heavy atom. The van der Waals surface area contributed by atoms with Gasteiger partial charge in [0.2, 0.25) is 0 Å².